The maximum atomic E-state index is 13.4. The Morgan fingerprint density at radius 3 is 2.36 bits per heavy atom. The van der Waals surface area contributed by atoms with E-state index in [9.17, 15) is 14.9 Å². The summed E-state index contributed by atoms with van der Waals surface area (Å²) in [5.74, 6) is 0.0411. The van der Waals surface area contributed by atoms with E-state index in [2.05, 4.69) is 11.0 Å². The second kappa shape index (κ2) is 11.1. The molecule has 5 rings (SSSR count). The maximum absolute atomic E-state index is 13.4. The molecule has 1 aliphatic heterocycles. The Morgan fingerprint density at radius 2 is 1.75 bits per heavy atom. The Kier molecular flexibility index (Phi) is 7.76. The number of aryl methyl sites for hydroxylation is 1. The number of amides is 1. The smallest absolute Gasteiger partial charge is 0.366 e. The van der Waals surface area contributed by atoms with Crippen LogP contribution in [0.25, 0.3) is 10.9 Å². The van der Waals surface area contributed by atoms with Crippen LogP contribution >= 0.6 is 22.7 Å². The van der Waals surface area contributed by atoms with E-state index in [1.807, 2.05) is 64.4 Å². The van der Waals surface area contributed by atoms with Crippen molar-refractivity contribution in [1.82, 2.24) is 9.47 Å². The van der Waals surface area contributed by atoms with E-state index in [0.717, 1.165) is 26.9 Å². The number of nitriles is 1. The van der Waals surface area contributed by atoms with Gasteiger partial charge >= 0.3 is 6.15 Å². The van der Waals surface area contributed by atoms with E-state index >= 15 is 0 Å². The van der Waals surface area contributed by atoms with Crippen LogP contribution in [0.2, 0.25) is 0 Å². The van der Waals surface area contributed by atoms with Crippen LogP contribution in [0.15, 0.2) is 57.3 Å². The molecule has 0 radical (unpaired) electrons. The Hall–Kier alpha value is -4.03. The SMILES string of the molecule is Cc1ccc(Cn2c(=O)c(C#N)c(N3CCN(C(=O)c4cccs4)CC3)c3cscc32)cc1.O=C=O. The van der Waals surface area contributed by atoms with Gasteiger partial charge in [0.1, 0.15) is 11.6 Å². The highest BCUT2D eigenvalue weighted by atomic mass is 32.1. The van der Waals surface area contributed by atoms with Gasteiger partial charge in [-0.15, -0.1) is 22.7 Å². The monoisotopic (exact) mass is 518 g/mol. The first-order chi connectivity index (χ1) is 17.5. The van der Waals surface area contributed by atoms with Crippen LogP contribution in [0.1, 0.15) is 26.4 Å². The molecule has 8 nitrogen and oxygen atoms in total. The van der Waals surface area contributed by atoms with Gasteiger partial charge in [0, 0.05) is 42.3 Å². The molecule has 1 saturated heterocycles. The number of fused-ring (bicyclic) bond motifs is 1. The van der Waals surface area contributed by atoms with Crippen molar-refractivity contribution in [3.8, 4) is 6.07 Å². The van der Waals surface area contributed by atoms with Crippen molar-refractivity contribution in [2.24, 2.45) is 0 Å². The van der Waals surface area contributed by atoms with Crippen molar-refractivity contribution >= 4 is 51.3 Å². The first-order valence-electron chi connectivity index (χ1n) is 11.1. The van der Waals surface area contributed by atoms with E-state index in [1.165, 1.54) is 22.7 Å². The van der Waals surface area contributed by atoms with Crippen molar-refractivity contribution in [2.75, 3.05) is 31.1 Å². The Bertz CT molecular complexity index is 1500. The van der Waals surface area contributed by atoms with Gasteiger partial charge in [-0.1, -0.05) is 35.9 Å². The fourth-order valence-corrected chi connectivity index (χ4v) is 5.82. The highest BCUT2D eigenvalue weighted by Crippen LogP contribution is 2.32. The standard InChI is InChI=1S/C25H22N4O2S2.CO2/c1-17-4-6-18(7-5-17)14-29-21-16-32-15-20(21)23(19(13-26)24(29)30)27-8-10-28(11-9-27)25(31)22-3-2-12-33-22;2-1-3/h2-7,12,15-16H,8-11,14H2,1H3;. The van der Waals surface area contributed by atoms with Crippen LogP contribution in [0.4, 0.5) is 5.69 Å². The van der Waals surface area contributed by atoms with Crippen LogP contribution in [-0.2, 0) is 16.1 Å². The molecule has 1 fully saturated rings. The molecule has 0 saturated carbocycles. The molecule has 10 heteroatoms. The highest BCUT2D eigenvalue weighted by Gasteiger charge is 2.27. The van der Waals surface area contributed by atoms with Gasteiger partial charge in [-0.25, -0.2) is 0 Å². The van der Waals surface area contributed by atoms with Gasteiger partial charge in [0.05, 0.1) is 22.6 Å². The van der Waals surface area contributed by atoms with Gasteiger partial charge in [0.25, 0.3) is 11.5 Å². The van der Waals surface area contributed by atoms with Gasteiger partial charge in [-0.2, -0.15) is 14.9 Å². The largest absolute Gasteiger partial charge is 0.373 e. The molecular weight excluding hydrogens is 496 g/mol. The fourth-order valence-electron chi connectivity index (χ4n) is 4.31. The van der Waals surface area contributed by atoms with Crippen LogP contribution in [0, 0.1) is 18.3 Å². The number of pyridine rings is 1. The lowest BCUT2D eigenvalue weighted by atomic mass is 10.1. The fraction of sp³-hybridized carbons (Fsp3) is 0.231. The van der Waals surface area contributed by atoms with Crippen molar-refractivity contribution in [3.05, 3.63) is 84.5 Å². The van der Waals surface area contributed by atoms with E-state index < -0.39 is 0 Å². The second-order valence-corrected chi connectivity index (χ2v) is 9.91. The van der Waals surface area contributed by atoms with Crippen molar-refractivity contribution in [3.63, 3.8) is 0 Å². The lowest BCUT2D eigenvalue weighted by Crippen LogP contribution is -2.49. The summed E-state index contributed by atoms with van der Waals surface area (Å²) in [5, 5.41) is 16.8. The van der Waals surface area contributed by atoms with E-state index in [4.69, 9.17) is 9.59 Å². The molecule has 0 unspecified atom stereocenters. The number of thiophene rings is 2. The third-order valence-electron chi connectivity index (χ3n) is 6.07. The number of rotatable bonds is 4. The highest BCUT2D eigenvalue weighted by molar-refractivity contribution is 7.12. The summed E-state index contributed by atoms with van der Waals surface area (Å²) < 4.78 is 1.70. The lowest BCUT2D eigenvalue weighted by Gasteiger charge is -2.36. The molecule has 1 aliphatic rings. The van der Waals surface area contributed by atoms with E-state index in [1.54, 1.807) is 4.57 Å². The number of hydrogen-bond acceptors (Lipinski definition) is 8. The zero-order valence-electron chi connectivity index (χ0n) is 19.5. The molecule has 4 aromatic rings. The van der Waals surface area contributed by atoms with Crippen LogP contribution < -0.4 is 10.5 Å². The van der Waals surface area contributed by atoms with E-state index in [-0.39, 0.29) is 23.2 Å². The molecule has 182 valence electrons. The van der Waals surface area contributed by atoms with Gasteiger partial charge in [0.15, 0.2) is 0 Å². The molecule has 0 atom stereocenters. The van der Waals surface area contributed by atoms with Crippen molar-refractivity contribution in [2.45, 2.75) is 13.5 Å². The van der Waals surface area contributed by atoms with Gasteiger partial charge in [-0.05, 0) is 23.9 Å². The minimum absolute atomic E-state index is 0.0411. The van der Waals surface area contributed by atoms with Crippen molar-refractivity contribution in [1.29, 1.82) is 5.26 Å². The number of hydrogen-bond donors (Lipinski definition) is 0. The second-order valence-electron chi connectivity index (χ2n) is 8.22. The molecule has 0 N–H and O–H groups in total. The normalized spacial score (nSPS) is 13.0. The number of nitrogens with zero attached hydrogens (tertiary/aromatic N) is 4. The molecule has 0 aliphatic carbocycles. The average Bonchev–Trinajstić information content (AvgIpc) is 3.59. The molecule has 3 aromatic heterocycles. The number of piperazine rings is 1. The van der Waals surface area contributed by atoms with Gasteiger partial charge in [-0.3, -0.25) is 9.59 Å². The third-order valence-corrected chi connectivity index (χ3v) is 7.66. The predicted octanol–water partition coefficient (Wildman–Crippen LogP) is 3.73. The molecule has 0 bridgehead atoms. The summed E-state index contributed by atoms with van der Waals surface area (Å²) in [6.45, 7) is 4.73. The van der Waals surface area contributed by atoms with Gasteiger partial charge < -0.3 is 14.4 Å². The summed E-state index contributed by atoms with van der Waals surface area (Å²) in [4.78, 5) is 47.1. The van der Waals surface area contributed by atoms with Crippen LogP contribution in [-0.4, -0.2) is 47.7 Å². The summed E-state index contributed by atoms with van der Waals surface area (Å²) in [6, 6.07) is 14.0. The molecule has 1 aromatic carbocycles. The van der Waals surface area contributed by atoms with E-state index in [0.29, 0.717) is 38.4 Å². The molecule has 0 spiro atoms. The number of benzene rings is 1. The summed E-state index contributed by atoms with van der Waals surface area (Å²) >= 11 is 2.98. The average molecular weight is 519 g/mol. The molecule has 4 heterocycles. The van der Waals surface area contributed by atoms with Gasteiger partial charge in [0.2, 0.25) is 0 Å². The molecule has 36 heavy (non-hydrogen) atoms. The van der Waals surface area contributed by atoms with Crippen LogP contribution in [0.5, 0.6) is 0 Å². The first-order valence-corrected chi connectivity index (χ1v) is 13.0. The topological polar surface area (TPSA) is 103 Å². The Morgan fingerprint density at radius 1 is 1.06 bits per heavy atom. The summed E-state index contributed by atoms with van der Waals surface area (Å²) in [6.07, 6.45) is 0.250. The summed E-state index contributed by atoms with van der Waals surface area (Å²) in [7, 11) is 0. The minimum Gasteiger partial charge on any atom is -0.366 e. The Balaban J connectivity index is 0.000000967. The zero-order chi connectivity index (χ0) is 25.7. The summed E-state index contributed by atoms with van der Waals surface area (Å²) in [5.41, 5.74) is 3.63. The van der Waals surface area contributed by atoms with Crippen molar-refractivity contribution < 1.29 is 14.4 Å². The molecular formula is C26H22N4O4S2. The quantitative estimate of drug-likeness (QED) is 0.408. The minimum atomic E-state index is -0.268. The third kappa shape index (κ3) is 4.99. The number of aromatic nitrogens is 1. The molecule has 1 amide bonds. The lowest BCUT2D eigenvalue weighted by molar-refractivity contribution is -0.191. The maximum Gasteiger partial charge on any atom is 0.373 e. The Labute approximate surface area is 215 Å². The predicted molar refractivity (Wildman–Crippen MR) is 139 cm³/mol. The number of carbonyl (C=O) groups is 1. The van der Waals surface area contributed by atoms with Crippen LogP contribution in [0.3, 0.4) is 0 Å². The zero-order valence-corrected chi connectivity index (χ0v) is 21.1. The number of carbonyl (C=O) groups excluding carboxylic acids is 3. The number of anilines is 1. The first kappa shape index (κ1) is 25.1.